The van der Waals surface area contributed by atoms with E-state index in [1.165, 1.54) is 18.6 Å². The number of halogens is 1. The van der Waals surface area contributed by atoms with Crippen LogP contribution in [0.4, 0.5) is 0 Å². The van der Waals surface area contributed by atoms with Gasteiger partial charge in [0.25, 0.3) is 5.91 Å². The summed E-state index contributed by atoms with van der Waals surface area (Å²) in [6, 6.07) is 1.58. The highest BCUT2D eigenvalue weighted by molar-refractivity contribution is 6.33. The van der Waals surface area contributed by atoms with Crippen LogP contribution in [-0.2, 0) is 5.60 Å². The maximum Gasteiger partial charge on any atom is 0.255 e. The molecule has 0 spiro atoms. The fourth-order valence-corrected chi connectivity index (χ4v) is 2.76. The van der Waals surface area contributed by atoms with E-state index in [4.69, 9.17) is 11.6 Å². The number of rotatable bonds is 2. The minimum atomic E-state index is -1.18. The van der Waals surface area contributed by atoms with Crippen LogP contribution in [0.3, 0.4) is 0 Å². The minimum Gasteiger partial charge on any atom is -0.382 e. The second-order valence-electron chi connectivity index (χ2n) is 5.07. The minimum absolute atomic E-state index is 0.164. The molecule has 1 atom stereocenters. The van der Waals surface area contributed by atoms with Crippen LogP contribution < -0.4 is 0 Å². The summed E-state index contributed by atoms with van der Waals surface area (Å²) in [5.41, 5.74) is -0.350. The van der Waals surface area contributed by atoms with Crippen LogP contribution in [0.5, 0.6) is 0 Å². The summed E-state index contributed by atoms with van der Waals surface area (Å²) in [6.45, 7) is 0.731. The molecule has 1 amide bonds. The van der Waals surface area contributed by atoms with Crippen molar-refractivity contribution in [3.63, 3.8) is 0 Å². The molecule has 0 radical (unpaired) electrons. The zero-order chi connectivity index (χ0) is 14.9. The molecule has 1 aliphatic rings. The van der Waals surface area contributed by atoms with Crippen molar-refractivity contribution in [1.82, 2.24) is 25.3 Å². The Hall–Kier alpha value is -1.99. The number of nitrogens with one attached hydrogen (secondary N) is 1. The van der Waals surface area contributed by atoms with Crippen LogP contribution in [0.25, 0.3) is 0 Å². The zero-order valence-corrected chi connectivity index (χ0v) is 11.9. The summed E-state index contributed by atoms with van der Waals surface area (Å²) < 4.78 is 0. The van der Waals surface area contributed by atoms with Crippen molar-refractivity contribution in [3.05, 3.63) is 40.9 Å². The first-order valence-corrected chi connectivity index (χ1v) is 6.95. The van der Waals surface area contributed by atoms with Crippen molar-refractivity contribution in [3.8, 4) is 0 Å². The first kappa shape index (κ1) is 14.0. The largest absolute Gasteiger partial charge is 0.382 e. The molecule has 1 fully saturated rings. The zero-order valence-electron chi connectivity index (χ0n) is 11.2. The van der Waals surface area contributed by atoms with E-state index in [0.717, 1.165) is 0 Å². The van der Waals surface area contributed by atoms with E-state index in [9.17, 15) is 9.90 Å². The fraction of sp³-hybridized carbons (Fsp3) is 0.385. The maximum atomic E-state index is 12.5. The van der Waals surface area contributed by atoms with Gasteiger partial charge in [0.05, 0.1) is 23.3 Å². The molecule has 0 aliphatic carbocycles. The van der Waals surface area contributed by atoms with Crippen LogP contribution in [0.1, 0.15) is 28.9 Å². The summed E-state index contributed by atoms with van der Waals surface area (Å²) >= 11 is 6.01. The van der Waals surface area contributed by atoms with E-state index < -0.39 is 5.60 Å². The van der Waals surface area contributed by atoms with Gasteiger partial charge in [-0.2, -0.15) is 15.4 Å². The number of pyridine rings is 1. The molecule has 110 valence electrons. The Labute approximate surface area is 125 Å². The molecule has 1 saturated heterocycles. The Balaban J connectivity index is 1.84. The standard InChI is InChI=1S/C13H14ClN5O2/c14-10-6-15-4-2-9(10)12(20)19-5-1-3-13(21,8-19)11-7-16-18-17-11/h2,4,6-7,21H,1,3,5,8H2,(H,16,17,18)/t13-/m0/s1. The van der Waals surface area contributed by atoms with Crippen molar-refractivity contribution < 1.29 is 9.90 Å². The summed E-state index contributed by atoms with van der Waals surface area (Å²) in [7, 11) is 0. The molecule has 0 aromatic carbocycles. The molecule has 21 heavy (non-hydrogen) atoms. The fourth-order valence-electron chi connectivity index (χ4n) is 2.56. The highest BCUT2D eigenvalue weighted by Gasteiger charge is 2.39. The molecular formula is C13H14ClN5O2. The Bertz CT molecular complexity index is 648. The lowest BCUT2D eigenvalue weighted by molar-refractivity contribution is -0.0320. The van der Waals surface area contributed by atoms with Gasteiger partial charge in [0.15, 0.2) is 0 Å². The number of piperidine rings is 1. The summed E-state index contributed by atoms with van der Waals surface area (Å²) in [5, 5.41) is 21.1. The van der Waals surface area contributed by atoms with Gasteiger partial charge in [-0.05, 0) is 18.9 Å². The van der Waals surface area contributed by atoms with Crippen molar-refractivity contribution in [2.75, 3.05) is 13.1 Å². The van der Waals surface area contributed by atoms with Crippen molar-refractivity contribution >= 4 is 17.5 Å². The number of hydrogen-bond donors (Lipinski definition) is 2. The van der Waals surface area contributed by atoms with E-state index in [-0.39, 0.29) is 12.5 Å². The average Bonchev–Trinajstić information content (AvgIpc) is 3.02. The third kappa shape index (κ3) is 2.62. The smallest absolute Gasteiger partial charge is 0.255 e. The topological polar surface area (TPSA) is 95.0 Å². The number of nitrogens with zero attached hydrogens (tertiary/aromatic N) is 4. The second kappa shape index (κ2) is 5.42. The Kier molecular flexibility index (Phi) is 3.60. The van der Waals surface area contributed by atoms with Gasteiger partial charge in [0, 0.05) is 18.9 Å². The maximum absolute atomic E-state index is 12.5. The number of H-pyrrole nitrogens is 1. The number of aromatic nitrogens is 4. The van der Waals surface area contributed by atoms with E-state index in [1.807, 2.05) is 0 Å². The predicted octanol–water partition coefficient (Wildman–Crippen LogP) is 0.977. The van der Waals surface area contributed by atoms with Gasteiger partial charge < -0.3 is 10.0 Å². The number of β-amino-alcohol motifs (C(OH)–C–C–N with tert-alkyl or cyclic N) is 1. The van der Waals surface area contributed by atoms with Crippen molar-refractivity contribution in [2.45, 2.75) is 18.4 Å². The average molecular weight is 308 g/mol. The first-order chi connectivity index (χ1) is 10.1. The van der Waals surface area contributed by atoms with Crippen molar-refractivity contribution in [2.24, 2.45) is 0 Å². The van der Waals surface area contributed by atoms with Crippen LogP contribution in [0.2, 0.25) is 5.02 Å². The molecule has 3 rings (SSSR count). The third-order valence-electron chi connectivity index (χ3n) is 3.65. The molecule has 7 nitrogen and oxygen atoms in total. The Morgan fingerprint density at radius 1 is 1.48 bits per heavy atom. The van der Waals surface area contributed by atoms with Crippen LogP contribution in [-0.4, -0.2) is 49.4 Å². The number of carbonyl (C=O) groups is 1. The second-order valence-corrected chi connectivity index (χ2v) is 5.48. The third-order valence-corrected chi connectivity index (χ3v) is 3.95. The Morgan fingerprint density at radius 3 is 3.05 bits per heavy atom. The Morgan fingerprint density at radius 2 is 2.33 bits per heavy atom. The van der Waals surface area contributed by atoms with Gasteiger partial charge in [-0.1, -0.05) is 11.6 Å². The quantitative estimate of drug-likeness (QED) is 0.862. The molecule has 2 aromatic heterocycles. The molecule has 2 N–H and O–H groups in total. The molecule has 0 unspecified atom stereocenters. The van der Waals surface area contributed by atoms with Crippen LogP contribution in [0.15, 0.2) is 24.7 Å². The first-order valence-electron chi connectivity index (χ1n) is 6.57. The number of aliphatic hydroxyl groups is 1. The molecule has 2 aromatic rings. The van der Waals surface area contributed by atoms with Gasteiger partial charge in [0.1, 0.15) is 11.3 Å². The number of likely N-dealkylation sites (tertiary alicyclic amines) is 1. The van der Waals surface area contributed by atoms with Gasteiger partial charge >= 0.3 is 0 Å². The van der Waals surface area contributed by atoms with Gasteiger partial charge in [-0.25, -0.2) is 0 Å². The molecule has 0 bridgehead atoms. The molecular weight excluding hydrogens is 294 g/mol. The van der Waals surface area contributed by atoms with E-state index in [1.54, 1.807) is 11.0 Å². The lowest BCUT2D eigenvalue weighted by Crippen LogP contribution is -2.48. The predicted molar refractivity (Wildman–Crippen MR) is 74.7 cm³/mol. The number of amides is 1. The van der Waals surface area contributed by atoms with E-state index in [0.29, 0.717) is 35.7 Å². The van der Waals surface area contributed by atoms with Gasteiger partial charge in [0.2, 0.25) is 0 Å². The molecule has 1 aliphatic heterocycles. The van der Waals surface area contributed by atoms with Gasteiger partial charge in [-0.3, -0.25) is 9.78 Å². The highest BCUT2D eigenvalue weighted by atomic mass is 35.5. The monoisotopic (exact) mass is 307 g/mol. The van der Waals surface area contributed by atoms with Crippen LogP contribution >= 0.6 is 11.6 Å². The number of hydrogen-bond acceptors (Lipinski definition) is 5. The lowest BCUT2D eigenvalue weighted by atomic mass is 9.89. The summed E-state index contributed by atoms with van der Waals surface area (Å²) in [4.78, 5) is 18.0. The van der Waals surface area contributed by atoms with E-state index in [2.05, 4.69) is 20.4 Å². The van der Waals surface area contributed by atoms with Crippen molar-refractivity contribution in [1.29, 1.82) is 0 Å². The number of carbonyl (C=O) groups excluding carboxylic acids is 1. The van der Waals surface area contributed by atoms with Crippen LogP contribution in [0, 0.1) is 0 Å². The molecule has 0 saturated carbocycles. The summed E-state index contributed by atoms with van der Waals surface area (Å²) in [6.07, 6.45) is 5.65. The number of aromatic amines is 1. The normalized spacial score (nSPS) is 22.3. The lowest BCUT2D eigenvalue weighted by Gasteiger charge is -2.38. The SMILES string of the molecule is O=C(c1ccncc1Cl)N1CCC[C@@](O)(c2cn[nH]n2)C1. The summed E-state index contributed by atoms with van der Waals surface area (Å²) in [5.74, 6) is -0.219. The molecule has 3 heterocycles. The van der Waals surface area contributed by atoms with Gasteiger partial charge in [-0.15, -0.1) is 0 Å². The molecule has 8 heteroatoms. The highest BCUT2D eigenvalue weighted by Crippen LogP contribution is 2.31. The van der Waals surface area contributed by atoms with E-state index >= 15 is 0 Å².